The van der Waals surface area contributed by atoms with E-state index in [-0.39, 0.29) is 0 Å². The third kappa shape index (κ3) is 3.82. The van der Waals surface area contributed by atoms with Crippen molar-refractivity contribution in [3.8, 4) is 5.75 Å². The summed E-state index contributed by atoms with van der Waals surface area (Å²) in [7, 11) is 0. The van der Waals surface area contributed by atoms with E-state index in [9.17, 15) is 0 Å². The molecule has 0 spiro atoms. The Morgan fingerprint density at radius 1 is 1.06 bits per heavy atom. The minimum Gasteiger partial charge on any atom is -0.489 e. The van der Waals surface area contributed by atoms with Crippen molar-refractivity contribution < 1.29 is 4.74 Å². The van der Waals surface area contributed by atoms with Crippen LogP contribution in [0, 0.1) is 0 Å². The average Bonchev–Trinajstić information content (AvgIpc) is 2.37. The van der Waals surface area contributed by atoms with Crippen LogP contribution in [0.25, 0.3) is 0 Å². The van der Waals surface area contributed by atoms with Crippen molar-refractivity contribution in [1.29, 1.82) is 0 Å². The molecule has 2 aromatic rings. The van der Waals surface area contributed by atoms with Gasteiger partial charge in [0.05, 0.1) is 0 Å². The lowest BCUT2D eigenvalue weighted by Gasteiger charge is -2.06. The molecule has 1 heterocycles. The molecule has 0 saturated heterocycles. The molecular weight excluding hydrogens is 346 g/mol. The summed E-state index contributed by atoms with van der Waals surface area (Å²) < 4.78 is 6.64. The summed E-state index contributed by atoms with van der Waals surface area (Å²) in [6, 6.07) is 10.0. The summed E-state index contributed by atoms with van der Waals surface area (Å²) in [4.78, 5) is 4.09. The van der Waals surface area contributed by atoms with Gasteiger partial charge in [-0.05, 0) is 39.7 Å². The van der Waals surface area contributed by atoms with E-state index >= 15 is 0 Å². The van der Waals surface area contributed by atoms with Crippen molar-refractivity contribution in [1.82, 2.24) is 4.98 Å². The van der Waals surface area contributed by atoms with Crippen molar-refractivity contribution in [2.24, 2.45) is 0 Å². The topological polar surface area (TPSA) is 22.1 Å². The summed E-state index contributed by atoms with van der Waals surface area (Å²) >= 11 is 6.80. The van der Waals surface area contributed by atoms with E-state index in [1.807, 2.05) is 30.3 Å². The van der Waals surface area contributed by atoms with Crippen molar-refractivity contribution in [2.45, 2.75) is 11.9 Å². The highest BCUT2D eigenvalue weighted by atomic mass is 79.9. The minimum absolute atomic E-state index is 0.528. The Morgan fingerprint density at radius 3 is 2.47 bits per heavy atom. The quantitative estimate of drug-likeness (QED) is 0.761. The van der Waals surface area contributed by atoms with E-state index in [0.29, 0.717) is 6.61 Å². The second kappa shape index (κ2) is 6.17. The second-order valence-electron chi connectivity index (χ2n) is 3.58. The largest absolute Gasteiger partial charge is 0.489 e. The molecule has 0 bridgehead atoms. The van der Waals surface area contributed by atoms with Gasteiger partial charge in [0.25, 0.3) is 0 Å². The van der Waals surface area contributed by atoms with Gasteiger partial charge < -0.3 is 4.74 Å². The highest BCUT2D eigenvalue weighted by Crippen LogP contribution is 2.16. The zero-order valence-electron chi connectivity index (χ0n) is 9.07. The first-order chi connectivity index (χ1) is 8.28. The van der Waals surface area contributed by atoms with Gasteiger partial charge in [-0.2, -0.15) is 0 Å². The number of ether oxygens (including phenoxy) is 1. The van der Waals surface area contributed by atoms with Gasteiger partial charge in [-0.1, -0.05) is 28.1 Å². The maximum Gasteiger partial charge on any atom is 0.119 e. The van der Waals surface area contributed by atoms with Gasteiger partial charge in [-0.25, -0.2) is 0 Å². The smallest absolute Gasteiger partial charge is 0.119 e. The molecule has 1 aromatic carbocycles. The fraction of sp³-hybridized carbons (Fsp3) is 0.154. The molecule has 0 fully saturated rings. The summed E-state index contributed by atoms with van der Waals surface area (Å²) in [5.74, 6) is 0.870. The van der Waals surface area contributed by atoms with Crippen LogP contribution in [0.3, 0.4) is 0 Å². The maximum atomic E-state index is 5.67. The molecule has 88 valence electrons. The number of pyridine rings is 1. The molecule has 2 nitrogen and oxygen atoms in total. The van der Waals surface area contributed by atoms with Crippen LogP contribution in [-0.2, 0) is 11.9 Å². The number of nitrogens with zero attached hydrogens (tertiary/aromatic N) is 1. The van der Waals surface area contributed by atoms with Gasteiger partial charge in [-0.3, -0.25) is 4.98 Å². The molecule has 0 saturated carbocycles. The van der Waals surface area contributed by atoms with Gasteiger partial charge in [-0.15, -0.1) is 0 Å². The number of alkyl halides is 1. The number of benzene rings is 1. The monoisotopic (exact) mass is 355 g/mol. The standard InChI is InChI=1S/C13H11Br2NO/c14-6-10-1-3-13(4-2-10)17-9-11-5-12(15)8-16-7-11/h1-5,7-8H,6,9H2. The Labute approximate surface area is 117 Å². The van der Waals surface area contributed by atoms with E-state index in [4.69, 9.17) is 4.74 Å². The van der Waals surface area contributed by atoms with Crippen LogP contribution in [0.2, 0.25) is 0 Å². The molecule has 4 heteroatoms. The van der Waals surface area contributed by atoms with Gasteiger partial charge in [0, 0.05) is 27.8 Å². The molecule has 0 aliphatic rings. The Bertz CT molecular complexity index is 485. The first kappa shape index (κ1) is 12.6. The van der Waals surface area contributed by atoms with E-state index in [1.165, 1.54) is 5.56 Å². The van der Waals surface area contributed by atoms with Crippen molar-refractivity contribution >= 4 is 31.9 Å². The molecule has 0 N–H and O–H groups in total. The van der Waals surface area contributed by atoms with E-state index in [1.54, 1.807) is 12.4 Å². The SMILES string of the molecule is BrCc1ccc(OCc2cncc(Br)c2)cc1. The predicted octanol–water partition coefficient (Wildman–Crippen LogP) is 4.32. The fourth-order valence-corrected chi connectivity index (χ4v) is 2.16. The second-order valence-corrected chi connectivity index (χ2v) is 5.05. The summed E-state index contributed by atoms with van der Waals surface area (Å²) in [5, 5.41) is 0.864. The first-order valence-corrected chi connectivity index (χ1v) is 7.06. The Hall–Kier alpha value is -0.870. The minimum atomic E-state index is 0.528. The van der Waals surface area contributed by atoms with Crippen LogP contribution in [0.4, 0.5) is 0 Å². The average molecular weight is 357 g/mol. The maximum absolute atomic E-state index is 5.67. The molecule has 0 radical (unpaired) electrons. The molecule has 2 rings (SSSR count). The molecule has 17 heavy (non-hydrogen) atoms. The van der Waals surface area contributed by atoms with Crippen LogP contribution < -0.4 is 4.74 Å². The van der Waals surface area contributed by atoms with Crippen LogP contribution in [0.1, 0.15) is 11.1 Å². The van der Waals surface area contributed by atoms with Crippen molar-refractivity contribution in [3.63, 3.8) is 0 Å². The van der Waals surface area contributed by atoms with Crippen LogP contribution in [0.15, 0.2) is 47.2 Å². The zero-order chi connectivity index (χ0) is 12.1. The zero-order valence-corrected chi connectivity index (χ0v) is 12.2. The lowest BCUT2D eigenvalue weighted by atomic mass is 10.2. The Balaban J connectivity index is 1.97. The van der Waals surface area contributed by atoms with E-state index in [0.717, 1.165) is 21.1 Å². The van der Waals surface area contributed by atoms with Gasteiger partial charge in [0.15, 0.2) is 0 Å². The molecule has 1 aromatic heterocycles. The third-order valence-corrected chi connectivity index (χ3v) is 3.33. The van der Waals surface area contributed by atoms with Gasteiger partial charge >= 0.3 is 0 Å². The predicted molar refractivity (Wildman–Crippen MR) is 75.3 cm³/mol. The normalized spacial score (nSPS) is 10.2. The number of halogens is 2. The number of rotatable bonds is 4. The van der Waals surface area contributed by atoms with E-state index in [2.05, 4.69) is 36.8 Å². The molecule has 0 aliphatic carbocycles. The van der Waals surface area contributed by atoms with Crippen LogP contribution >= 0.6 is 31.9 Å². The third-order valence-electron chi connectivity index (χ3n) is 2.24. The molecule has 0 aliphatic heterocycles. The number of hydrogen-bond acceptors (Lipinski definition) is 2. The molecule has 0 atom stereocenters. The highest BCUT2D eigenvalue weighted by Gasteiger charge is 1.98. The molecule has 0 amide bonds. The number of hydrogen-bond donors (Lipinski definition) is 0. The Morgan fingerprint density at radius 2 is 1.82 bits per heavy atom. The first-order valence-electron chi connectivity index (χ1n) is 5.15. The Kier molecular flexibility index (Phi) is 4.57. The van der Waals surface area contributed by atoms with Gasteiger partial charge in [0.1, 0.15) is 12.4 Å². The summed E-state index contributed by atoms with van der Waals surface area (Å²) in [6.07, 6.45) is 3.56. The molecular formula is C13H11Br2NO. The van der Waals surface area contributed by atoms with Crippen LogP contribution in [0.5, 0.6) is 5.75 Å². The van der Waals surface area contributed by atoms with Crippen molar-refractivity contribution in [2.75, 3.05) is 0 Å². The summed E-state index contributed by atoms with van der Waals surface area (Å²) in [6.45, 7) is 0.528. The lowest BCUT2D eigenvalue weighted by Crippen LogP contribution is -1.96. The van der Waals surface area contributed by atoms with E-state index < -0.39 is 0 Å². The lowest BCUT2D eigenvalue weighted by molar-refractivity contribution is 0.305. The van der Waals surface area contributed by atoms with Gasteiger partial charge in [0.2, 0.25) is 0 Å². The van der Waals surface area contributed by atoms with Crippen molar-refractivity contribution in [3.05, 3.63) is 58.3 Å². The highest BCUT2D eigenvalue weighted by molar-refractivity contribution is 9.10. The summed E-state index contributed by atoms with van der Waals surface area (Å²) in [5.41, 5.74) is 2.28. The fourth-order valence-electron chi connectivity index (χ4n) is 1.38. The van der Waals surface area contributed by atoms with Crippen LogP contribution in [-0.4, -0.2) is 4.98 Å². The number of aromatic nitrogens is 1. The molecule has 0 unspecified atom stereocenters.